The molecule has 2 N–H and O–H groups in total. The van der Waals surface area contributed by atoms with Crippen molar-refractivity contribution in [2.24, 2.45) is 0 Å². The lowest BCUT2D eigenvalue weighted by atomic mass is 10.3. The number of nitrogens with zero attached hydrogens (tertiary/aromatic N) is 5. The summed E-state index contributed by atoms with van der Waals surface area (Å²) < 4.78 is 0. The number of carbonyl (C=O) groups is 1. The van der Waals surface area contributed by atoms with Crippen molar-refractivity contribution in [2.45, 2.75) is 12.5 Å². The number of rotatable bonds is 5. The molecule has 8 nitrogen and oxygen atoms in total. The van der Waals surface area contributed by atoms with Crippen molar-refractivity contribution in [1.82, 2.24) is 14.9 Å². The number of anilines is 2. The van der Waals surface area contributed by atoms with Crippen LogP contribution in [0.25, 0.3) is 0 Å². The maximum absolute atomic E-state index is 10.7. The minimum atomic E-state index is -0.818. The molecule has 1 aliphatic rings. The molecule has 1 aromatic rings. The molecule has 1 aliphatic heterocycles. The fourth-order valence-electron chi connectivity index (χ4n) is 2.47. The molecule has 1 aromatic heterocycles. The summed E-state index contributed by atoms with van der Waals surface area (Å²) in [7, 11) is 3.83. The highest BCUT2D eigenvalue weighted by Gasteiger charge is 2.22. The highest BCUT2D eigenvalue weighted by molar-refractivity contribution is 5.66. The first kappa shape index (κ1) is 16.4. The standard InChI is InChI=1S/C14H23N5O3/c1-17(2)12-7-13(16-10-15-12)19-6-5-18(4-3-14(21)22)8-11(20)9-19/h7,10-11,20H,3-6,8-9H2,1-2H3,(H,21,22)/t11-/m0/s1. The predicted octanol–water partition coefficient (Wildman–Crippen LogP) is -0.500. The van der Waals surface area contributed by atoms with Crippen molar-refractivity contribution in [3.8, 4) is 0 Å². The van der Waals surface area contributed by atoms with Gasteiger partial charge in [0.2, 0.25) is 0 Å². The number of carboxylic acid groups (broad SMARTS) is 1. The lowest BCUT2D eigenvalue weighted by Crippen LogP contribution is -2.34. The highest BCUT2D eigenvalue weighted by Crippen LogP contribution is 2.18. The zero-order valence-electron chi connectivity index (χ0n) is 13.0. The van der Waals surface area contributed by atoms with E-state index in [1.54, 1.807) is 0 Å². The summed E-state index contributed by atoms with van der Waals surface area (Å²) in [5, 5.41) is 18.9. The van der Waals surface area contributed by atoms with Crippen molar-refractivity contribution >= 4 is 17.6 Å². The van der Waals surface area contributed by atoms with E-state index in [9.17, 15) is 9.90 Å². The first-order valence-electron chi connectivity index (χ1n) is 7.32. The van der Waals surface area contributed by atoms with Crippen molar-refractivity contribution in [1.29, 1.82) is 0 Å². The Balaban J connectivity index is 2.04. The number of aliphatic carboxylic acids is 1. The van der Waals surface area contributed by atoms with Crippen LogP contribution >= 0.6 is 0 Å². The Morgan fingerprint density at radius 3 is 2.82 bits per heavy atom. The molecule has 2 rings (SSSR count). The van der Waals surface area contributed by atoms with Crippen LogP contribution in [0.4, 0.5) is 11.6 Å². The molecule has 0 unspecified atom stereocenters. The van der Waals surface area contributed by atoms with Gasteiger partial charge in [-0.1, -0.05) is 0 Å². The van der Waals surface area contributed by atoms with Gasteiger partial charge >= 0.3 is 5.97 Å². The SMILES string of the molecule is CN(C)c1cc(N2CCN(CCC(=O)O)C[C@H](O)C2)ncn1. The van der Waals surface area contributed by atoms with E-state index < -0.39 is 12.1 Å². The van der Waals surface area contributed by atoms with Crippen LogP contribution in [-0.4, -0.2) is 84.0 Å². The predicted molar refractivity (Wildman–Crippen MR) is 83.3 cm³/mol. The Morgan fingerprint density at radius 2 is 2.14 bits per heavy atom. The summed E-state index contributed by atoms with van der Waals surface area (Å²) in [6.07, 6.45) is 1.07. The molecule has 0 spiro atoms. The monoisotopic (exact) mass is 309 g/mol. The van der Waals surface area contributed by atoms with Gasteiger partial charge in [-0.3, -0.25) is 9.69 Å². The van der Waals surface area contributed by atoms with Gasteiger partial charge in [0.25, 0.3) is 0 Å². The second-order valence-electron chi connectivity index (χ2n) is 5.67. The quantitative estimate of drug-likeness (QED) is 0.752. The van der Waals surface area contributed by atoms with Gasteiger partial charge in [0, 0.05) is 52.9 Å². The zero-order valence-corrected chi connectivity index (χ0v) is 13.0. The van der Waals surface area contributed by atoms with Gasteiger partial charge in [0.15, 0.2) is 0 Å². The van der Waals surface area contributed by atoms with E-state index in [2.05, 4.69) is 9.97 Å². The Hall–Kier alpha value is -1.93. The number of aliphatic hydroxyl groups excluding tert-OH is 1. The van der Waals surface area contributed by atoms with Crippen LogP contribution in [-0.2, 0) is 4.79 Å². The first-order valence-corrected chi connectivity index (χ1v) is 7.32. The normalized spacial score (nSPS) is 19.8. The fraction of sp³-hybridized carbons (Fsp3) is 0.643. The number of β-amino-alcohol motifs (C(OH)–C–C–N with tert-alkyl or cyclic N) is 1. The molecule has 0 amide bonds. The largest absolute Gasteiger partial charge is 0.481 e. The second kappa shape index (κ2) is 7.37. The summed E-state index contributed by atoms with van der Waals surface area (Å²) in [5.41, 5.74) is 0. The number of hydrogen-bond acceptors (Lipinski definition) is 7. The van der Waals surface area contributed by atoms with E-state index in [1.807, 2.05) is 34.9 Å². The van der Waals surface area contributed by atoms with E-state index >= 15 is 0 Å². The summed E-state index contributed by atoms with van der Waals surface area (Å²) >= 11 is 0. The molecule has 1 fully saturated rings. The van der Waals surface area contributed by atoms with Gasteiger partial charge in [-0.2, -0.15) is 0 Å². The molecule has 0 bridgehead atoms. The van der Waals surface area contributed by atoms with Crippen molar-refractivity contribution < 1.29 is 15.0 Å². The van der Waals surface area contributed by atoms with Crippen molar-refractivity contribution in [3.05, 3.63) is 12.4 Å². The minimum absolute atomic E-state index is 0.0883. The Labute approximate surface area is 130 Å². The maximum atomic E-state index is 10.7. The Kier molecular flexibility index (Phi) is 5.51. The molecule has 0 aliphatic carbocycles. The highest BCUT2D eigenvalue weighted by atomic mass is 16.4. The van der Waals surface area contributed by atoms with Crippen LogP contribution in [0.2, 0.25) is 0 Å². The van der Waals surface area contributed by atoms with Crippen LogP contribution in [0.1, 0.15) is 6.42 Å². The molecule has 2 heterocycles. The summed E-state index contributed by atoms with van der Waals surface area (Å²) in [4.78, 5) is 25.0. The van der Waals surface area contributed by atoms with Crippen LogP contribution in [0, 0.1) is 0 Å². The minimum Gasteiger partial charge on any atom is -0.481 e. The van der Waals surface area contributed by atoms with E-state index in [4.69, 9.17) is 5.11 Å². The zero-order chi connectivity index (χ0) is 16.1. The Morgan fingerprint density at radius 1 is 1.36 bits per heavy atom. The van der Waals surface area contributed by atoms with Crippen molar-refractivity contribution in [3.63, 3.8) is 0 Å². The van der Waals surface area contributed by atoms with Crippen LogP contribution < -0.4 is 9.80 Å². The third-order valence-corrected chi connectivity index (χ3v) is 3.65. The van der Waals surface area contributed by atoms with Crippen LogP contribution in [0.5, 0.6) is 0 Å². The van der Waals surface area contributed by atoms with Gasteiger partial charge in [-0.15, -0.1) is 0 Å². The van der Waals surface area contributed by atoms with Crippen molar-refractivity contribution in [2.75, 3.05) is 56.6 Å². The van der Waals surface area contributed by atoms with E-state index in [0.717, 1.165) is 11.6 Å². The molecule has 22 heavy (non-hydrogen) atoms. The molecule has 8 heteroatoms. The van der Waals surface area contributed by atoms with Gasteiger partial charge < -0.3 is 20.0 Å². The molecular formula is C14H23N5O3. The summed E-state index contributed by atoms with van der Waals surface area (Å²) in [5.74, 6) is 0.770. The first-order chi connectivity index (χ1) is 10.5. The van der Waals surface area contributed by atoms with Crippen LogP contribution in [0.3, 0.4) is 0 Å². The molecule has 122 valence electrons. The molecule has 0 radical (unpaired) electrons. The van der Waals surface area contributed by atoms with Crippen LogP contribution in [0.15, 0.2) is 12.4 Å². The second-order valence-corrected chi connectivity index (χ2v) is 5.67. The molecule has 0 saturated carbocycles. The molecule has 1 atom stereocenters. The number of aromatic nitrogens is 2. The molecule has 0 aromatic carbocycles. The molecule has 1 saturated heterocycles. The van der Waals surface area contributed by atoms with Gasteiger partial charge in [-0.25, -0.2) is 9.97 Å². The average molecular weight is 309 g/mol. The topological polar surface area (TPSA) is 93.0 Å². The fourth-order valence-corrected chi connectivity index (χ4v) is 2.47. The van der Waals surface area contributed by atoms with E-state index in [-0.39, 0.29) is 6.42 Å². The van der Waals surface area contributed by atoms with E-state index in [1.165, 1.54) is 6.33 Å². The third kappa shape index (κ3) is 4.54. The van der Waals surface area contributed by atoms with E-state index in [0.29, 0.717) is 32.7 Å². The number of aliphatic hydroxyl groups is 1. The average Bonchev–Trinajstić information content (AvgIpc) is 2.66. The van der Waals surface area contributed by atoms with Gasteiger partial charge in [0.05, 0.1) is 12.5 Å². The molecular weight excluding hydrogens is 286 g/mol. The van der Waals surface area contributed by atoms with Gasteiger partial charge in [0.1, 0.15) is 18.0 Å². The number of hydrogen-bond donors (Lipinski definition) is 2. The lowest BCUT2D eigenvalue weighted by molar-refractivity contribution is -0.137. The summed E-state index contributed by atoms with van der Waals surface area (Å²) in [6, 6.07) is 1.89. The lowest BCUT2D eigenvalue weighted by Gasteiger charge is -2.23. The van der Waals surface area contributed by atoms with Gasteiger partial charge in [-0.05, 0) is 0 Å². The third-order valence-electron chi connectivity index (χ3n) is 3.65. The smallest absolute Gasteiger partial charge is 0.304 e. The maximum Gasteiger partial charge on any atom is 0.304 e. The Bertz CT molecular complexity index is 511. The summed E-state index contributed by atoms with van der Waals surface area (Å²) in [6.45, 7) is 2.81. The number of carboxylic acids is 1.